The van der Waals surface area contributed by atoms with Crippen molar-refractivity contribution >= 4 is 29.2 Å². The van der Waals surface area contributed by atoms with E-state index < -0.39 is 44.9 Å². The Labute approximate surface area is 123 Å². The van der Waals surface area contributed by atoms with E-state index in [0.29, 0.717) is 0 Å². The SMILES string of the molecule is COC1(OC)[C@]2(Cl)[C@H]3C(=O)O[C@]2(O)[C@]2(O)OC[C@H]3[C@]12Cl. The number of halogens is 2. The molecular weight excluding hydrogens is 315 g/mol. The zero-order valence-electron chi connectivity index (χ0n) is 10.6. The van der Waals surface area contributed by atoms with Crippen LogP contribution in [0, 0.1) is 11.8 Å². The predicted octanol–water partition coefficient (Wildman–Crippen LogP) is -0.846. The fraction of sp³-hybridized carbons (Fsp3) is 0.909. The van der Waals surface area contributed by atoms with Crippen LogP contribution in [0.1, 0.15) is 0 Å². The molecule has 2 saturated heterocycles. The van der Waals surface area contributed by atoms with E-state index in [2.05, 4.69) is 0 Å². The molecule has 2 saturated carbocycles. The van der Waals surface area contributed by atoms with Crippen LogP contribution in [-0.4, -0.2) is 64.1 Å². The van der Waals surface area contributed by atoms with E-state index in [-0.39, 0.29) is 6.61 Å². The van der Waals surface area contributed by atoms with Crippen LogP contribution in [0.4, 0.5) is 0 Å². The van der Waals surface area contributed by atoms with Crippen molar-refractivity contribution < 1.29 is 34.0 Å². The topological polar surface area (TPSA) is 94.5 Å². The number of carbonyl (C=O) groups is 1. The molecule has 0 aromatic heterocycles. The highest BCUT2D eigenvalue weighted by Gasteiger charge is 3.06. The zero-order valence-corrected chi connectivity index (χ0v) is 12.1. The Morgan fingerprint density at radius 1 is 1.20 bits per heavy atom. The van der Waals surface area contributed by atoms with Crippen LogP contribution in [0.3, 0.4) is 0 Å². The van der Waals surface area contributed by atoms with E-state index >= 15 is 0 Å². The fourth-order valence-electron chi connectivity index (χ4n) is 4.60. The van der Waals surface area contributed by atoms with Gasteiger partial charge >= 0.3 is 5.97 Å². The molecule has 4 fully saturated rings. The maximum absolute atomic E-state index is 12.1. The van der Waals surface area contributed by atoms with Crippen molar-refractivity contribution in [3.05, 3.63) is 0 Å². The molecular formula is C11H12Cl2O7. The molecule has 0 unspecified atom stereocenters. The van der Waals surface area contributed by atoms with Gasteiger partial charge in [-0.15, -0.1) is 23.2 Å². The third-order valence-corrected chi connectivity index (χ3v) is 6.82. The summed E-state index contributed by atoms with van der Waals surface area (Å²) in [5.41, 5.74) is 0. The third kappa shape index (κ3) is 0.756. The lowest BCUT2D eigenvalue weighted by atomic mass is 9.77. The van der Waals surface area contributed by atoms with Gasteiger partial charge in [0.05, 0.1) is 12.5 Å². The average Bonchev–Trinajstić information content (AvgIpc) is 2.83. The van der Waals surface area contributed by atoms with Crippen molar-refractivity contribution in [1.82, 2.24) is 0 Å². The van der Waals surface area contributed by atoms with Gasteiger partial charge in [0.15, 0.2) is 9.75 Å². The molecule has 0 amide bonds. The van der Waals surface area contributed by atoms with Gasteiger partial charge in [0, 0.05) is 20.1 Å². The fourth-order valence-corrected chi connectivity index (χ4v) is 6.04. The normalized spacial score (nSPS) is 61.2. The third-order valence-electron chi connectivity index (χ3n) is 5.29. The summed E-state index contributed by atoms with van der Waals surface area (Å²) < 4.78 is 21.0. The van der Waals surface area contributed by atoms with Crippen LogP contribution in [0.5, 0.6) is 0 Å². The zero-order chi connectivity index (χ0) is 14.8. The summed E-state index contributed by atoms with van der Waals surface area (Å²) in [4.78, 5) is 8.42. The molecule has 0 radical (unpaired) electrons. The minimum atomic E-state index is -2.55. The van der Waals surface area contributed by atoms with Crippen molar-refractivity contribution in [3.63, 3.8) is 0 Å². The summed E-state index contributed by atoms with van der Waals surface area (Å²) in [5.74, 6) is -9.28. The van der Waals surface area contributed by atoms with Crippen molar-refractivity contribution in [2.45, 2.75) is 27.1 Å². The van der Waals surface area contributed by atoms with Gasteiger partial charge in [-0.05, 0) is 0 Å². The van der Waals surface area contributed by atoms with E-state index in [4.69, 9.17) is 42.1 Å². The maximum atomic E-state index is 12.1. The molecule has 6 atom stereocenters. The highest BCUT2D eigenvalue weighted by molar-refractivity contribution is 6.35. The molecule has 4 aliphatic rings. The molecule has 4 rings (SSSR count). The van der Waals surface area contributed by atoms with Crippen LogP contribution < -0.4 is 0 Å². The van der Waals surface area contributed by atoms with Gasteiger partial charge in [-0.2, -0.15) is 0 Å². The Morgan fingerprint density at radius 3 is 2.35 bits per heavy atom. The van der Waals surface area contributed by atoms with Crippen molar-refractivity contribution in [2.75, 3.05) is 20.8 Å². The summed E-state index contributed by atoms with van der Waals surface area (Å²) in [6.07, 6.45) is 0. The van der Waals surface area contributed by atoms with Gasteiger partial charge in [-0.3, -0.25) is 4.79 Å². The molecule has 112 valence electrons. The Hall–Kier alpha value is -0.150. The smallest absolute Gasteiger partial charge is 0.314 e. The Balaban J connectivity index is 2.14. The summed E-state index contributed by atoms with van der Waals surface area (Å²) in [7, 11) is 2.54. The average molecular weight is 327 g/mol. The van der Waals surface area contributed by atoms with Gasteiger partial charge in [0.1, 0.15) is 0 Å². The Morgan fingerprint density at radius 2 is 1.80 bits per heavy atom. The van der Waals surface area contributed by atoms with Crippen molar-refractivity contribution in [3.8, 4) is 0 Å². The van der Waals surface area contributed by atoms with E-state index in [1.165, 1.54) is 14.2 Å². The summed E-state index contributed by atoms with van der Waals surface area (Å²) >= 11 is 13.2. The molecule has 20 heavy (non-hydrogen) atoms. The number of esters is 1. The number of methoxy groups -OCH3 is 2. The first-order chi connectivity index (χ1) is 9.22. The van der Waals surface area contributed by atoms with Gasteiger partial charge in [0.25, 0.3) is 11.6 Å². The second-order valence-corrected chi connectivity index (χ2v) is 6.75. The van der Waals surface area contributed by atoms with Gasteiger partial charge in [0.2, 0.25) is 5.79 Å². The molecule has 0 spiro atoms. The first-order valence-electron chi connectivity index (χ1n) is 6.01. The minimum absolute atomic E-state index is 0.0645. The molecule has 2 N–H and O–H groups in total. The molecule has 9 heteroatoms. The number of fused-ring (bicyclic) bond motifs is 2. The number of rotatable bonds is 2. The molecule has 2 bridgehead atoms. The second-order valence-electron chi connectivity index (χ2n) is 5.55. The maximum Gasteiger partial charge on any atom is 0.314 e. The Kier molecular flexibility index (Phi) is 2.11. The van der Waals surface area contributed by atoms with E-state index in [0.717, 1.165) is 0 Å². The highest BCUT2D eigenvalue weighted by atomic mass is 35.5. The lowest BCUT2D eigenvalue weighted by Gasteiger charge is -2.40. The number of alkyl halides is 2. The molecule has 2 aliphatic heterocycles. The van der Waals surface area contributed by atoms with Crippen LogP contribution in [0.2, 0.25) is 0 Å². The number of hydrogen-bond acceptors (Lipinski definition) is 7. The van der Waals surface area contributed by atoms with Crippen molar-refractivity contribution in [2.24, 2.45) is 11.8 Å². The summed E-state index contributed by atoms with van der Waals surface area (Å²) in [6, 6.07) is 0. The van der Waals surface area contributed by atoms with E-state index in [1.807, 2.05) is 0 Å². The molecule has 7 nitrogen and oxygen atoms in total. The number of aliphatic hydroxyl groups is 2. The molecule has 2 heterocycles. The Bertz CT molecular complexity index is 539. The van der Waals surface area contributed by atoms with Crippen LogP contribution in [0.25, 0.3) is 0 Å². The molecule has 0 aromatic rings. The second kappa shape index (κ2) is 3.12. The standard InChI is InChI=1S/C11H12Cl2O7/c1-17-11(18-2)7(12)4-3-19-9(7,15)10(16)8(11,13)5(4)6(14)20-10/h4-5,15-16H,3H2,1-2H3/t4-,5-,7-,8+,9-,10+/m1/s1. The van der Waals surface area contributed by atoms with Crippen LogP contribution >= 0.6 is 23.2 Å². The van der Waals surface area contributed by atoms with Crippen molar-refractivity contribution in [1.29, 1.82) is 0 Å². The summed E-state index contributed by atoms with van der Waals surface area (Å²) in [5, 5.41) is 21.6. The van der Waals surface area contributed by atoms with Crippen LogP contribution in [-0.2, 0) is 23.7 Å². The lowest BCUT2D eigenvalue weighted by Crippen LogP contribution is -2.66. The monoisotopic (exact) mass is 326 g/mol. The minimum Gasteiger partial charge on any atom is -0.425 e. The first-order valence-corrected chi connectivity index (χ1v) is 6.77. The predicted molar refractivity (Wildman–Crippen MR) is 62.8 cm³/mol. The quantitative estimate of drug-likeness (QED) is 0.388. The molecule has 0 aromatic carbocycles. The number of hydrogen-bond donors (Lipinski definition) is 2. The van der Waals surface area contributed by atoms with Crippen LogP contribution in [0.15, 0.2) is 0 Å². The highest BCUT2D eigenvalue weighted by Crippen LogP contribution is 2.82. The van der Waals surface area contributed by atoms with Gasteiger partial charge in [-0.25, -0.2) is 0 Å². The molecule has 2 aliphatic carbocycles. The van der Waals surface area contributed by atoms with Gasteiger partial charge in [-0.1, -0.05) is 0 Å². The number of ether oxygens (including phenoxy) is 4. The van der Waals surface area contributed by atoms with Gasteiger partial charge < -0.3 is 29.2 Å². The first kappa shape index (κ1) is 13.5. The summed E-state index contributed by atoms with van der Waals surface area (Å²) in [6.45, 7) is -0.0645. The van der Waals surface area contributed by atoms with E-state index in [9.17, 15) is 15.0 Å². The number of carbonyl (C=O) groups excluding carboxylic acids is 1. The van der Waals surface area contributed by atoms with E-state index in [1.54, 1.807) is 0 Å². The largest absolute Gasteiger partial charge is 0.425 e. The lowest BCUT2D eigenvalue weighted by molar-refractivity contribution is -0.347.